The van der Waals surface area contributed by atoms with E-state index < -0.39 is 9.84 Å². The Balaban J connectivity index is 1.97. The maximum Gasteiger partial charge on any atom is 0.216 e. The van der Waals surface area contributed by atoms with Gasteiger partial charge in [0.1, 0.15) is 0 Å². The standard InChI is InChI=1S/C15H15NO3S/c1-20(17,18)14-6-4-11(5-7-14)13-9-12-3-2-8-19-15(12)16-10-13/h4-7,9-10H,2-3,8H2,1H3. The molecule has 3 rings (SSSR count). The van der Waals surface area contributed by atoms with E-state index in [1.165, 1.54) is 6.26 Å². The predicted octanol–water partition coefficient (Wildman–Crippen LogP) is 2.48. The zero-order valence-electron chi connectivity index (χ0n) is 11.2. The molecule has 0 fully saturated rings. The molecule has 0 spiro atoms. The Kier molecular flexibility index (Phi) is 3.22. The molecule has 0 atom stereocenters. The zero-order chi connectivity index (χ0) is 14.2. The van der Waals surface area contributed by atoms with Crippen LogP contribution in [-0.2, 0) is 16.3 Å². The summed E-state index contributed by atoms with van der Waals surface area (Å²) in [6.45, 7) is 0.725. The lowest BCUT2D eigenvalue weighted by molar-refractivity contribution is 0.276. The van der Waals surface area contributed by atoms with Crippen molar-refractivity contribution in [3.8, 4) is 17.0 Å². The highest BCUT2D eigenvalue weighted by Crippen LogP contribution is 2.28. The Morgan fingerprint density at radius 2 is 1.90 bits per heavy atom. The number of aromatic nitrogens is 1. The highest BCUT2D eigenvalue weighted by molar-refractivity contribution is 7.90. The summed E-state index contributed by atoms with van der Waals surface area (Å²) in [5.74, 6) is 0.716. The second kappa shape index (κ2) is 4.90. The van der Waals surface area contributed by atoms with Crippen molar-refractivity contribution in [3.05, 3.63) is 42.1 Å². The minimum absolute atomic E-state index is 0.329. The molecule has 0 saturated carbocycles. The number of sulfone groups is 1. The van der Waals surface area contributed by atoms with Crippen molar-refractivity contribution in [2.75, 3.05) is 12.9 Å². The fourth-order valence-electron chi connectivity index (χ4n) is 2.29. The van der Waals surface area contributed by atoms with Gasteiger partial charge in [-0.2, -0.15) is 0 Å². The molecule has 4 nitrogen and oxygen atoms in total. The van der Waals surface area contributed by atoms with Crippen molar-refractivity contribution in [3.63, 3.8) is 0 Å². The van der Waals surface area contributed by atoms with Gasteiger partial charge in [0.2, 0.25) is 5.88 Å². The van der Waals surface area contributed by atoms with Gasteiger partial charge in [0.05, 0.1) is 11.5 Å². The number of pyridine rings is 1. The quantitative estimate of drug-likeness (QED) is 0.852. The Bertz CT molecular complexity index is 736. The van der Waals surface area contributed by atoms with Crippen LogP contribution >= 0.6 is 0 Å². The molecule has 2 aromatic rings. The fraction of sp³-hybridized carbons (Fsp3) is 0.267. The van der Waals surface area contributed by atoms with E-state index in [0.29, 0.717) is 10.8 Å². The van der Waals surface area contributed by atoms with Crippen molar-refractivity contribution in [1.29, 1.82) is 0 Å². The van der Waals surface area contributed by atoms with Crippen LogP contribution in [0.1, 0.15) is 12.0 Å². The molecule has 20 heavy (non-hydrogen) atoms. The zero-order valence-corrected chi connectivity index (χ0v) is 12.0. The smallest absolute Gasteiger partial charge is 0.216 e. The topological polar surface area (TPSA) is 56.3 Å². The summed E-state index contributed by atoms with van der Waals surface area (Å²) in [4.78, 5) is 4.66. The summed E-state index contributed by atoms with van der Waals surface area (Å²) in [5.41, 5.74) is 3.05. The molecule has 1 aliphatic heterocycles. The average Bonchev–Trinajstić information content (AvgIpc) is 2.46. The second-order valence-electron chi connectivity index (χ2n) is 4.94. The molecule has 0 saturated heterocycles. The normalized spacial score (nSPS) is 14.4. The molecule has 0 bridgehead atoms. The number of hydrogen-bond donors (Lipinski definition) is 0. The van der Waals surface area contributed by atoms with Gasteiger partial charge in [0, 0.05) is 23.6 Å². The molecule has 0 unspecified atom stereocenters. The molecule has 104 valence electrons. The van der Waals surface area contributed by atoms with Gasteiger partial charge < -0.3 is 4.74 Å². The number of rotatable bonds is 2. The van der Waals surface area contributed by atoms with Gasteiger partial charge in [-0.1, -0.05) is 12.1 Å². The molecule has 0 radical (unpaired) electrons. The fourth-order valence-corrected chi connectivity index (χ4v) is 2.92. The summed E-state index contributed by atoms with van der Waals surface area (Å²) in [6.07, 6.45) is 4.95. The van der Waals surface area contributed by atoms with Gasteiger partial charge in [-0.3, -0.25) is 0 Å². The lowest BCUT2D eigenvalue weighted by atomic mass is 10.0. The van der Waals surface area contributed by atoms with Crippen LogP contribution in [0, 0.1) is 0 Å². The molecule has 1 aromatic heterocycles. The number of hydrogen-bond acceptors (Lipinski definition) is 4. The van der Waals surface area contributed by atoms with Crippen molar-refractivity contribution >= 4 is 9.84 Å². The molecule has 1 aromatic carbocycles. The summed E-state index contributed by atoms with van der Waals surface area (Å²) >= 11 is 0. The van der Waals surface area contributed by atoms with Crippen LogP contribution in [0.15, 0.2) is 41.4 Å². The first-order valence-electron chi connectivity index (χ1n) is 6.46. The van der Waals surface area contributed by atoms with E-state index in [1.807, 2.05) is 12.1 Å². The van der Waals surface area contributed by atoms with E-state index in [2.05, 4.69) is 11.1 Å². The molecular formula is C15H15NO3S. The number of nitrogens with zero attached hydrogens (tertiary/aromatic N) is 1. The van der Waals surface area contributed by atoms with E-state index >= 15 is 0 Å². The first-order valence-corrected chi connectivity index (χ1v) is 8.35. The van der Waals surface area contributed by atoms with Crippen LogP contribution in [0.2, 0.25) is 0 Å². The molecule has 0 aliphatic carbocycles. The van der Waals surface area contributed by atoms with Crippen molar-refractivity contribution < 1.29 is 13.2 Å². The maximum atomic E-state index is 11.4. The van der Waals surface area contributed by atoms with Crippen LogP contribution in [0.5, 0.6) is 5.88 Å². The van der Waals surface area contributed by atoms with E-state index in [0.717, 1.165) is 36.1 Å². The third-order valence-electron chi connectivity index (χ3n) is 3.37. The molecule has 5 heteroatoms. The van der Waals surface area contributed by atoms with E-state index in [4.69, 9.17) is 4.74 Å². The van der Waals surface area contributed by atoms with Crippen molar-refractivity contribution in [1.82, 2.24) is 4.98 Å². The minimum Gasteiger partial charge on any atom is -0.477 e. The summed E-state index contributed by atoms with van der Waals surface area (Å²) in [7, 11) is -3.15. The largest absolute Gasteiger partial charge is 0.477 e. The Morgan fingerprint density at radius 1 is 1.15 bits per heavy atom. The first-order chi connectivity index (χ1) is 9.54. The highest BCUT2D eigenvalue weighted by Gasteiger charge is 2.13. The van der Waals surface area contributed by atoms with E-state index in [9.17, 15) is 8.42 Å². The van der Waals surface area contributed by atoms with Crippen LogP contribution < -0.4 is 4.74 Å². The Hall–Kier alpha value is -1.88. The highest BCUT2D eigenvalue weighted by atomic mass is 32.2. The van der Waals surface area contributed by atoms with Crippen LogP contribution in [-0.4, -0.2) is 26.3 Å². The average molecular weight is 289 g/mol. The Morgan fingerprint density at radius 3 is 2.60 bits per heavy atom. The predicted molar refractivity (Wildman–Crippen MR) is 76.6 cm³/mol. The van der Waals surface area contributed by atoms with Crippen LogP contribution in [0.3, 0.4) is 0 Å². The van der Waals surface area contributed by atoms with E-state index in [-0.39, 0.29) is 0 Å². The third-order valence-corrected chi connectivity index (χ3v) is 4.50. The van der Waals surface area contributed by atoms with Gasteiger partial charge >= 0.3 is 0 Å². The second-order valence-corrected chi connectivity index (χ2v) is 6.95. The molecule has 2 heterocycles. The van der Waals surface area contributed by atoms with Crippen molar-refractivity contribution in [2.24, 2.45) is 0 Å². The number of fused-ring (bicyclic) bond motifs is 1. The molecule has 0 N–H and O–H groups in total. The molecule has 1 aliphatic rings. The summed E-state index contributed by atoms with van der Waals surface area (Å²) in [5, 5.41) is 0. The number of benzene rings is 1. The van der Waals surface area contributed by atoms with Crippen LogP contribution in [0.25, 0.3) is 11.1 Å². The van der Waals surface area contributed by atoms with Gasteiger partial charge in [-0.05, 0) is 36.6 Å². The Labute approximate surface area is 118 Å². The van der Waals surface area contributed by atoms with Gasteiger partial charge in [-0.15, -0.1) is 0 Å². The van der Waals surface area contributed by atoms with Gasteiger partial charge in [0.25, 0.3) is 0 Å². The number of ether oxygens (including phenoxy) is 1. The summed E-state index contributed by atoms with van der Waals surface area (Å²) < 4.78 is 28.4. The SMILES string of the molecule is CS(=O)(=O)c1ccc(-c2cnc3c(c2)CCCO3)cc1. The minimum atomic E-state index is -3.15. The monoisotopic (exact) mass is 289 g/mol. The maximum absolute atomic E-state index is 11.4. The summed E-state index contributed by atoms with van der Waals surface area (Å²) in [6, 6.07) is 8.94. The third kappa shape index (κ3) is 2.54. The lowest BCUT2D eigenvalue weighted by Crippen LogP contribution is -2.09. The first kappa shape index (κ1) is 13.1. The van der Waals surface area contributed by atoms with Crippen LogP contribution in [0.4, 0.5) is 0 Å². The lowest BCUT2D eigenvalue weighted by Gasteiger charge is -2.16. The molecular weight excluding hydrogens is 274 g/mol. The number of aryl methyl sites for hydroxylation is 1. The van der Waals surface area contributed by atoms with Gasteiger partial charge in [0.15, 0.2) is 9.84 Å². The van der Waals surface area contributed by atoms with Gasteiger partial charge in [-0.25, -0.2) is 13.4 Å². The van der Waals surface area contributed by atoms with Crippen molar-refractivity contribution in [2.45, 2.75) is 17.7 Å². The molecule has 0 amide bonds. The van der Waals surface area contributed by atoms with E-state index in [1.54, 1.807) is 18.3 Å².